The lowest BCUT2D eigenvalue weighted by Gasteiger charge is -2.36. The van der Waals surface area contributed by atoms with Gasteiger partial charge in [-0.2, -0.15) is 0 Å². The van der Waals surface area contributed by atoms with Crippen molar-refractivity contribution in [3.05, 3.63) is 67.1 Å². The molecule has 8 nitrogen and oxygen atoms in total. The van der Waals surface area contributed by atoms with Crippen LogP contribution in [0.15, 0.2) is 67.1 Å². The molecule has 2 saturated heterocycles. The lowest BCUT2D eigenvalue weighted by atomic mass is 9.97. The summed E-state index contributed by atoms with van der Waals surface area (Å²) in [6.07, 6.45) is 5.63. The number of nitrogens with two attached hydrogens (primary N) is 1. The monoisotopic (exact) mass is 471 g/mol. The molecule has 6 rings (SSSR count). The van der Waals surface area contributed by atoms with Gasteiger partial charge in [-0.3, -0.25) is 0 Å². The summed E-state index contributed by atoms with van der Waals surface area (Å²) in [4.78, 5) is 8.83. The van der Waals surface area contributed by atoms with Crippen LogP contribution in [0.2, 0.25) is 0 Å². The Morgan fingerprint density at radius 1 is 0.914 bits per heavy atom. The second-order valence-corrected chi connectivity index (χ2v) is 9.12. The molecule has 35 heavy (non-hydrogen) atoms. The average Bonchev–Trinajstić information content (AvgIpc) is 3.31. The Balaban J connectivity index is 1.26. The van der Waals surface area contributed by atoms with Crippen molar-refractivity contribution in [2.45, 2.75) is 25.2 Å². The molecule has 2 aliphatic heterocycles. The van der Waals surface area contributed by atoms with Crippen LogP contribution in [0.5, 0.6) is 11.5 Å². The van der Waals surface area contributed by atoms with E-state index in [1.54, 1.807) is 0 Å². The largest absolute Gasteiger partial charge is 0.457 e. The minimum absolute atomic E-state index is 0.0132. The smallest absolute Gasteiger partial charge is 0.160 e. The van der Waals surface area contributed by atoms with Crippen molar-refractivity contribution in [2.24, 2.45) is 5.92 Å². The zero-order valence-electron chi connectivity index (χ0n) is 19.5. The fourth-order valence-corrected chi connectivity index (χ4v) is 4.99. The maximum absolute atomic E-state index is 6.33. The third-order valence-corrected chi connectivity index (χ3v) is 6.85. The highest BCUT2D eigenvalue weighted by Crippen LogP contribution is 2.36. The van der Waals surface area contributed by atoms with Crippen LogP contribution in [-0.2, 0) is 9.47 Å². The molecule has 0 unspecified atom stereocenters. The summed E-state index contributed by atoms with van der Waals surface area (Å²) in [5.41, 5.74) is 9.11. The predicted molar refractivity (Wildman–Crippen MR) is 134 cm³/mol. The number of piperidine rings is 1. The van der Waals surface area contributed by atoms with Gasteiger partial charge in [0.25, 0.3) is 0 Å². The standard InChI is InChI=1S/C27H29N5O3/c28-25-24-23(18-6-8-22(9-7-18)35-21-4-2-1-3-5-21)14-32(26(24)31-17-30-25)20-15-33-27(34-16-20)19-10-12-29-13-11-19/h1-9,14,17,19-20,27,29H,10-13,15-16H2,(H2,28,30,31). The molecule has 3 N–H and O–H groups in total. The van der Waals surface area contributed by atoms with Crippen LogP contribution in [0.3, 0.4) is 0 Å². The molecular weight excluding hydrogens is 442 g/mol. The molecule has 180 valence electrons. The highest BCUT2D eigenvalue weighted by Gasteiger charge is 2.32. The third-order valence-electron chi connectivity index (χ3n) is 6.85. The first-order chi connectivity index (χ1) is 17.3. The van der Waals surface area contributed by atoms with Crippen molar-refractivity contribution in [2.75, 3.05) is 32.0 Å². The zero-order chi connectivity index (χ0) is 23.6. The summed E-state index contributed by atoms with van der Waals surface area (Å²) in [6.45, 7) is 3.19. The maximum Gasteiger partial charge on any atom is 0.160 e. The quantitative estimate of drug-likeness (QED) is 0.446. The van der Waals surface area contributed by atoms with Crippen molar-refractivity contribution in [3.63, 3.8) is 0 Å². The van der Waals surface area contributed by atoms with Crippen molar-refractivity contribution >= 4 is 16.9 Å². The van der Waals surface area contributed by atoms with Crippen LogP contribution >= 0.6 is 0 Å². The molecule has 0 saturated carbocycles. The minimum atomic E-state index is -0.133. The zero-order valence-corrected chi connectivity index (χ0v) is 19.5. The Morgan fingerprint density at radius 2 is 1.63 bits per heavy atom. The van der Waals surface area contributed by atoms with Crippen molar-refractivity contribution in [1.29, 1.82) is 0 Å². The summed E-state index contributed by atoms with van der Waals surface area (Å²) in [5.74, 6) is 2.47. The summed E-state index contributed by atoms with van der Waals surface area (Å²) in [6, 6.07) is 17.7. The highest BCUT2D eigenvalue weighted by molar-refractivity contribution is 6.00. The molecule has 0 bridgehead atoms. The number of aromatic nitrogens is 3. The SMILES string of the molecule is Nc1ncnc2c1c(-c1ccc(Oc3ccccc3)cc1)cn2C1COC(C2CCNCC2)OC1. The molecule has 0 atom stereocenters. The van der Waals surface area contributed by atoms with Gasteiger partial charge in [-0.25, -0.2) is 9.97 Å². The molecule has 2 aromatic heterocycles. The maximum atomic E-state index is 6.33. The van der Waals surface area contributed by atoms with Crippen molar-refractivity contribution < 1.29 is 14.2 Å². The second kappa shape index (κ2) is 9.65. The number of fused-ring (bicyclic) bond motifs is 1. The number of hydrogen-bond donors (Lipinski definition) is 2. The van der Waals surface area contributed by atoms with Gasteiger partial charge in [0.1, 0.15) is 29.3 Å². The summed E-state index contributed by atoms with van der Waals surface area (Å²) in [7, 11) is 0. The van der Waals surface area contributed by atoms with Crippen molar-refractivity contribution in [3.8, 4) is 22.6 Å². The predicted octanol–water partition coefficient (Wildman–Crippen LogP) is 4.39. The number of para-hydroxylation sites is 1. The fourth-order valence-electron chi connectivity index (χ4n) is 4.99. The average molecular weight is 472 g/mol. The fraction of sp³-hybridized carbons (Fsp3) is 0.333. The van der Waals surface area contributed by atoms with Gasteiger partial charge in [-0.05, 0) is 55.8 Å². The summed E-state index contributed by atoms with van der Waals surface area (Å²) in [5, 5.41) is 4.24. The molecule has 8 heteroatoms. The molecule has 0 radical (unpaired) electrons. The van der Waals surface area contributed by atoms with Gasteiger partial charge < -0.3 is 29.8 Å². The van der Waals surface area contributed by atoms with E-state index in [2.05, 4.69) is 26.0 Å². The summed E-state index contributed by atoms with van der Waals surface area (Å²) < 4.78 is 20.4. The molecule has 4 heterocycles. The van der Waals surface area contributed by atoms with Gasteiger partial charge in [0, 0.05) is 17.7 Å². The van der Waals surface area contributed by atoms with Crippen LogP contribution in [-0.4, -0.2) is 47.1 Å². The number of rotatable bonds is 5. The van der Waals surface area contributed by atoms with E-state index in [9.17, 15) is 0 Å². The van der Waals surface area contributed by atoms with E-state index < -0.39 is 0 Å². The Kier molecular flexibility index (Phi) is 6.08. The topological polar surface area (TPSA) is 96.5 Å². The number of ether oxygens (including phenoxy) is 3. The van der Waals surface area contributed by atoms with Crippen LogP contribution in [0.4, 0.5) is 5.82 Å². The Morgan fingerprint density at radius 3 is 2.37 bits per heavy atom. The molecule has 0 spiro atoms. The van der Waals surface area contributed by atoms with Gasteiger partial charge in [0.2, 0.25) is 0 Å². The van der Waals surface area contributed by atoms with Gasteiger partial charge >= 0.3 is 0 Å². The molecule has 4 aromatic rings. The molecular formula is C27H29N5O3. The van der Waals surface area contributed by atoms with Crippen LogP contribution in [0.25, 0.3) is 22.2 Å². The van der Waals surface area contributed by atoms with Crippen LogP contribution < -0.4 is 15.8 Å². The second-order valence-electron chi connectivity index (χ2n) is 9.12. The van der Waals surface area contributed by atoms with Crippen LogP contribution in [0, 0.1) is 5.92 Å². The van der Waals surface area contributed by atoms with Gasteiger partial charge in [-0.15, -0.1) is 0 Å². The first-order valence-electron chi connectivity index (χ1n) is 12.1. The van der Waals surface area contributed by atoms with E-state index in [0.29, 0.717) is 24.9 Å². The van der Waals surface area contributed by atoms with Crippen LogP contribution in [0.1, 0.15) is 18.9 Å². The van der Waals surface area contributed by atoms with E-state index in [1.165, 1.54) is 6.33 Å². The molecule has 2 aliphatic rings. The van der Waals surface area contributed by atoms with E-state index in [1.807, 2.05) is 54.6 Å². The first-order valence-corrected chi connectivity index (χ1v) is 12.1. The minimum Gasteiger partial charge on any atom is -0.457 e. The number of benzene rings is 2. The normalized spacial score (nSPS) is 21.3. The summed E-state index contributed by atoms with van der Waals surface area (Å²) >= 11 is 0. The number of anilines is 1. The lowest BCUT2D eigenvalue weighted by Crippen LogP contribution is -2.42. The highest BCUT2D eigenvalue weighted by atomic mass is 16.7. The van der Waals surface area contributed by atoms with E-state index >= 15 is 0 Å². The van der Waals surface area contributed by atoms with Gasteiger partial charge in [0.05, 0.1) is 24.6 Å². The number of hydrogen-bond acceptors (Lipinski definition) is 7. The number of nitrogen functional groups attached to an aromatic ring is 1. The Bertz CT molecular complexity index is 1280. The third kappa shape index (κ3) is 4.48. The lowest BCUT2D eigenvalue weighted by molar-refractivity contribution is -0.223. The Hall–Kier alpha value is -3.46. The Labute approximate surface area is 204 Å². The van der Waals surface area contributed by atoms with Gasteiger partial charge in [0.15, 0.2) is 6.29 Å². The van der Waals surface area contributed by atoms with E-state index in [4.69, 9.17) is 19.9 Å². The number of nitrogens with zero attached hydrogens (tertiary/aromatic N) is 3. The first kappa shape index (κ1) is 22.0. The van der Waals surface area contributed by atoms with Crippen molar-refractivity contribution in [1.82, 2.24) is 19.9 Å². The molecule has 2 fully saturated rings. The molecule has 0 aliphatic carbocycles. The van der Waals surface area contributed by atoms with E-state index in [-0.39, 0.29) is 12.3 Å². The molecule has 0 amide bonds. The van der Waals surface area contributed by atoms with Gasteiger partial charge in [-0.1, -0.05) is 30.3 Å². The molecule has 2 aromatic carbocycles. The number of nitrogens with one attached hydrogen (secondary N) is 1. The van der Waals surface area contributed by atoms with E-state index in [0.717, 1.165) is 59.6 Å².